The van der Waals surface area contributed by atoms with E-state index in [4.69, 9.17) is 4.74 Å². The summed E-state index contributed by atoms with van der Waals surface area (Å²) in [6, 6.07) is 8.71. The number of ether oxygens (including phenoxy) is 1. The minimum Gasteiger partial charge on any atom is -0.379 e. The fourth-order valence-electron chi connectivity index (χ4n) is 3.20. The highest BCUT2D eigenvalue weighted by atomic mass is 32.2. The number of para-hydroxylation sites is 1. The Labute approximate surface area is 184 Å². The predicted molar refractivity (Wildman–Crippen MR) is 113 cm³/mol. The summed E-state index contributed by atoms with van der Waals surface area (Å²) in [5.74, 6) is -3.25. The number of sulfonamides is 1. The molecule has 0 unspecified atom stereocenters. The van der Waals surface area contributed by atoms with Gasteiger partial charge in [0.15, 0.2) is 0 Å². The number of nitrogens with one attached hydrogen (secondary N) is 1. The Kier molecular flexibility index (Phi) is 7.54. The Balaban J connectivity index is 1.75. The second-order valence-corrected chi connectivity index (χ2v) is 8.95. The SMILES string of the molecule is CCN(CC(=O)Nc1c(F)cccc1F)C(=O)c1cccc(S(=O)(=O)N2CCOCC2)c1. The molecule has 3 rings (SSSR count). The summed E-state index contributed by atoms with van der Waals surface area (Å²) >= 11 is 0. The van der Waals surface area contributed by atoms with Crippen molar-refractivity contribution in [2.45, 2.75) is 11.8 Å². The zero-order valence-electron chi connectivity index (χ0n) is 17.4. The lowest BCUT2D eigenvalue weighted by atomic mass is 10.2. The predicted octanol–water partition coefficient (Wildman–Crippen LogP) is 2.09. The third-order valence-electron chi connectivity index (χ3n) is 4.92. The van der Waals surface area contributed by atoms with E-state index in [0.29, 0.717) is 13.2 Å². The summed E-state index contributed by atoms with van der Waals surface area (Å²) in [5, 5.41) is 2.13. The maximum atomic E-state index is 13.8. The van der Waals surface area contributed by atoms with Gasteiger partial charge < -0.3 is 15.0 Å². The molecule has 0 bridgehead atoms. The lowest BCUT2D eigenvalue weighted by molar-refractivity contribution is -0.116. The van der Waals surface area contributed by atoms with Crippen molar-refractivity contribution in [3.8, 4) is 0 Å². The maximum Gasteiger partial charge on any atom is 0.254 e. The van der Waals surface area contributed by atoms with Crippen LogP contribution in [0.3, 0.4) is 0 Å². The number of carbonyl (C=O) groups excluding carboxylic acids is 2. The van der Waals surface area contributed by atoms with Crippen LogP contribution < -0.4 is 5.32 Å². The Hall–Kier alpha value is -2.89. The number of nitrogens with zero attached hydrogens (tertiary/aromatic N) is 2. The molecule has 0 aromatic heterocycles. The number of benzene rings is 2. The van der Waals surface area contributed by atoms with Crippen LogP contribution in [-0.2, 0) is 19.6 Å². The second kappa shape index (κ2) is 10.2. The summed E-state index contributed by atoms with van der Waals surface area (Å²) in [6.45, 7) is 2.29. The van der Waals surface area contributed by atoms with Crippen molar-refractivity contribution in [2.24, 2.45) is 0 Å². The summed E-state index contributed by atoms with van der Waals surface area (Å²) in [7, 11) is -3.80. The van der Waals surface area contributed by atoms with Gasteiger partial charge in [0.05, 0.1) is 18.1 Å². The first-order valence-electron chi connectivity index (χ1n) is 9.95. The van der Waals surface area contributed by atoms with Crippen LogP contribution in [0.5, 0.6) is 0 Å². The van der Waals surface area contributed by atoms with Gasteiger partial charge in [-0.15, -0.1) is 0 Å². The van der Waals surface area contributed by atoms with E-state index in [1.807, 2.05) is 0 Å². The summed E-state index contributed by atoms with van der Waals surface area (Å²) in [6.07, 6.45) is 0. The number of carbonyl (C=O) groups is 2. The van der Waals surface area contributed by atoms with Crippen molar-refractivity contribution < 1.29 is 31.5 Å². The lowest BCUT2D eigenvalue weighted by Crippen LogP contribution is -2.41. The Morgan fingerprint density at radius 1 is 1.09 bits per heavy atom. The van der Waals surface area contributed by atoms with E-state index in [0.717, 1.165) is 17.0 Å². The molecule has 2 aromatic rings. The number of amides is 2. The number of morpholine rings is 1. The van der Waals surface area contributed by atoms with Crippen molar-refractivity contribution in [3.63, 3.8) is 0 Å². The number of hydrogen-bond acceptors (Lipinski definition) is 5. The molecule has 0 saturated carbocycles. The van der Waals surface area contributed by atoms with Gasteiger partial charge in [0.1, 0.15) is 23.9 Å². The number of rotatable bonds is 7. The molecule has 0 radical (unpaired) electrons. The monoisotopic (exact) mass is 467 g/mol. The fourth-order valence-corrected chi connectivity index (χ4v) is 4.66. The van der Waals surface area contributed by atoms with E-state index in [2.05, 4.69) is 5.32 Å². The Morgan fingerprint density at radius 2 is 1.72 bits per heavy atom. The molecule has 1 N–H and O–H groups in total. The molecule has 0 aliphatic carbocycles. The highest BCUT2D eigenvalue weighted by Crippen LogP contribution is 2.20. The summed E-state index contributed by atoms with van der Waals surface area (Å²) < 4.78 is 59.7. The first-order chi connectivity index (χ1) is 15.2. The maximum absolute atomic E-state index is 13.8. The molecule has 1 saturated heterocycles. The van der Waals surface area contributed by atoms with Crippen molar-refractivity contribution in [1.82, 2.24) is 9.21 Å². The van der Waals surface area contributed by atoms with Gasteiger partial charge in [0.2, 0.25) is 15.9 Å². The number of halogens is 2. The van der Waals surface area contributed by atoms with Crippen LogP contribution in [0, 0.1) is 11.6 Å². The van der Waals surface area contributed by atoms with Crippen LogP contribution >= 0.6 is 0 Å². The van der Waals surface area contributed by atoms with Crippen LogP contribution in [0.25, 0.3) is 0 Å². The van der Waals surface area contributed by atoms with Crippen LogP contribution in [0.1, 0.15) is 17.3 Å². The molecule has 11 heteroatoms. The molecule has 0 spiro atoms. The molecule has 0 atom stereocenters. The van der Waals surface area contributed by atoms with Crippen molar-refractivity contribution in [3.05, 3.63) is 59.7 Å². The number of likely N-dealkylation sites (N-methyl/N-ethyl adjacent to an activating group) is 1. The highest BCUT2D eigenvalue weighted by Gasteiger charge is 2.27. The van der Waals surface area contributed by atoms with Crippen molar-refractivity contribution in [2.75, 3.05) is 44.7 Å². The summed E-state index contributed by atoms with van der Waals surface area (Å²) in [5.41, 5.74) is -0.523. The minimum absolute atomic E-state index is 0.0424. The van der Waals surface area contributed by atoms with Gasteiger partial charge in [-0.2, -0.15) is 4.31 Å². The average Bonchev–Trinajstić information content (AvgIpc) is 2.80. The smallest absolute Gasteiger partial charge is 0.254 e. The van der Waals surface area contributed by atoms with Crippen LogP contribution in [-0.4, -0.2) is 68.8 Å². The lowest BCUT2D eigenvalue weighted by Gasteiger charge is -2.26. The van der Waals surface area contributed by atoms with Crippen LogP contribution in [0.15, 0.2) is 47.4 Å². The van der Waals surface area contributed by atoms with Gasteiger partial charge in [0.25, 0.3) is 5.91 Å². The summed E-state index contributed by atoms with van der Waals surface area (Å²) in [4.78, 5) is 26.3. The molecular weight excluding hydrogens is 444 g/mol. The Morgan fingerprint density at radius 3 is 2.34 bits per heavy atom. The van der Waals surface area contributed by atoms with Crippen molar-refractivity contribution in [1.29, 1.82) is 0 Å². The zero-order chi connectivity index (χ0) is 23.3. The van der Waals surface area contributed by atoms with Gasteiger partial charge in [-0.05, 0) is 37.3 Å². The zero-order valence-corrected chi connectivity index (χ0v) is 18.2. The molecule has 1 heterocycles. The largest absolute Gasteiger partial charge is 0.379 e. The normalized spacial score (nSPS) is 14.7. The molecule has 8 nitrogen and oxygen atoms in total. The second-order valence-electron chi connectivity index (χ2n) is 7.01. The molecule has 2 aromatic carbocycles. The molecule has 32 heavy (non-hydrogen) atoms. The standard InChI is InChI=1S/C21H23F2N3O5S/c1-2-25(14-19(27)24-20-17(22)7-4-8-18(20)23)21(28)15-5-3-6-16(13-15)32(29,30)26-9-11-31-12-10-26/h3-8,13H,2,9-12,14H2,1H3,(H,24,27). The number of anilines is 1. The third-order valence-corrected chi connectivity index (χ3v) is 6.81. The minimum atomic E-state index is -3.80. The molecule has 1 fully saturated rings. The first kappa shape index (κ1) is 23.8. The molecule has 172 valence electrons. The van der Waals surface area contributed by atoms with E-state index in [1.54, 1.807) is 6.92 Å². The third kappa shape index (κ3) is 5.29. The molecule has 1 aliphatic rings. The van der Waals surface area contributed by atoms with E-state index in [9.17, 15) is 26.8 Å². The number of hydrogen-bond donors (Lipinski definition) is 1. The van der Waals surface area contributed by atoms with E-state index >= 15 is 0 Å². The highest BCUT2D eigenvalue weighted by molar-refractivity contribution is 7.89. The van der Waals surface area contributed by atoms with Crippen molar-refractivity contribution >= 4 is 27.5 Å². The molecule has 2 amide bonds. The topological polar surface area (TPSA) is 96.0 Å². The Bertz CT molecular complexity index is 1080. The molecular formula is C21H23F2N3O5S. The van der Waals surface area contributed by atoms with Crippen LogP contribution in [0.4, 0.5) is 14.5 Å². The van der Waals surface area contributed by atoms with Crippen LogP contribution in [0.2, 0.25) is 0 Å². The van der Waals surface area contributed by atoms with Gasteiger partial charge in [-0.1, -0.05) is 12.1 Å². The first-order valence-corrected chi connectivity index (χ1v) is 11.4. The van der Waals surface area contributed by atoms with E-state index < -0.39 is 45.7 Å². The van der Waals surface area contributed by atoms with E-state index in [-0.39, 0.29) is 30.1 Å². The van der Waals surface area contributed by atoms with Gasteiger partial charge in [0, 0.05) is 25.2 Å². The quantitative estimate of drug-likeness (QED) is 0.673. The van der Waals surface area contributed by atoms with Gasteiger partial charge in [-0.25, -0.2) is 17.2 Å². The van der Waals surface area contributed by atoms with Gasteiger partial charge in [-0.3, -0.25) is 9.59 Å². The average molecular weight is 467 g/mol. The van der Waals surface area contributed by atoms with E-state index in [1.165, 1.54) is 34.6 Å². The fraction of sp³-hybridized carbons (Fsp3) is 0.333. The molecule has 1 aliphatic heterocycles. The van der Waals surface area contributed by atoms with Gasteiger partial charge >= 0.3 is 0 Å².